The Morgan fingerprint density at radius 2 is 1.80 bits per heavy atom. The summed E-state index contributed by atoms with van der Waals surface area (Å²) in [5, 5.41) is 3.51. The first-order valence-corrected chi connectivity index (χ1v) is 12.3. The Morgan fingerprint density at radius 3 is 2.50 bits per heavy atom. The number of thiazole rings is 1. The van der Waals surface area contributed by atoms with Gasteiger partial charge in [-0.2, -0.15) is 4.31 Å². The molecule has 5 nitrogen and oxygen atoms in total. The Hall–Kier alpha value is -1.71. The predicted octanol–water partition coefficient (Wildman–Crippen LogP) is 4.69. The second-order valence-corrected chi connectivity index (χ2v) is 10.6. The first-order chi connectivity index (χ1) is 14.3. The summed E-state index contributed by atoms with van der Waals surface area (Å²) in [5.41, 5.74) is 1.58. The lowest BCUT2D eigenvalue weighted by atomic mass is 10.1. The van der Waals surface area contributed by atoms with Crippen molar-refractivity contribution in [3.05, 3.63) is 75.0 Å². The molecule has 0 atom stereocenters. The van der Waals surface area contributed by atoms with E-state index >= 15 is 0 Å². The lowest BCUT2D eigenvalue weighted by molar-refractivity contribution is 0.384. The highest BCUT2D eigenvalue weighted by Crippen LogP contribution is 2.26. The van der Waals surface area contributed by atoms with Crippen molar-refractivity contribution in [2.24, 2.45) is 0 Å². The van der Waals surface area contributed by atoms with E-state index in [-0.39, 0.29) is 10.7 Å². The number of anilines is 1. The number of hydrogen-bond donors (Lipinski definition) is 0. The molecule has 158 valence electrons. The van der Waals surface area contributed by atoms with Gasteiger partial charge in [0.2, 0.25) is 10.0 Å². The maximum Gasteiger partial charge on any atom is 0.243 e. The minimum atomic E-state index is -3.58. The Morgan fingerprint density at radius 1 is 1.03 bits per heavy atom. The number of halogens is 3. The van der Waals surface area contributed by atoms with Gasteiger partial charge in [-0.3, -0.25) is 0 Å². The van der Waals surface area contributed by atoms with Crippen LogP contribution in [0.25, 0.3) is 0 Å². The third-order valence-corrected chi connectivity index (χ3v) is 8.09. The molecule has 3 aromatic rings. The first kappa shape index (κ1) is 21.5. The molecule has 0 saturated carbocycles. The molecule has 1 saturated heterocycles. The molecule has 1 aliphatic rings. The number of hydrogen-bond acceptors (Lipinski definition) is 5. The second kappa shape index (κ2) is 8.80. The zero-order chi connectivity index (χ0) is 21.3. The molecule has 10 heteroatoms. The summed E-state index contributed by atoms with van der Waals surface area (Å²) in [6.45, 7) is 1.81. The summed E-state index contributed by atoms with van der Waals surface area (Å²) >= 11 is 13.4. The largest absolute Gasteiger partial charge is 0.345 e. The zero-order valence-electron chi connectivity index (χ0n) is 15.8. The van der Waals surface area contributed by atoms with E-state index in [0.717, 1.165) is 16.4 Å². The fourth-order valence-electron chi connectivity index (χ4n) is 3.34. The zero-order valence-corrected chi connectivity index (χ0v) is 18.9. The van der Waals surface area contributed by atoms with Gasteiger partial charge in [-0.05, 0) is 42.0 Å². The molecule has 1 fully saturated rings. The summed E-state index contributed by atoms with van der Waals surface area (Å²) in [7, 11) is -3.58. The molecule has 0 spiro atoms. The van der Waals surface area contributed by atoms with Crippen molar-refractivity contribution in [3.63, 3.8) is 0 Å². The van der Waals surface area contributed by atoms with Gasteiger partial charge in [-0.15, -0.1) is 11.3 Å². The van der Waals surface area contributed by atoms with Crippen molar-refractivity contribution < 1.29 is 12.8 Å². The predicted molar refractivity (Wildman–Crippen MR) is 119 cm³/mol. The first-order valence-electron chi connectivity index (χ1n) is 9.21. The topological polar surface area (TPSA) is 53.5 Å². The average molecular weight is 486 g/mol. The van der Waals surface area contributed by atoms with E-state index in [0.29, 0.717) is 42.6 Å². The molecule has 0 aliphatic carbocycles. The van der Waals surface area contributed by atoms with Crippen LogP contribution in [0, 0.1) is 5.82 Å². The van der Waals surface area contributed by atoms with Gasteiger partial charge in [0.15, 0.2) is 5.13 Å². The van der Waals surface area contributed by atoms with Crippen molar-refractivity contribution >= 4 is 49.7 Å². The van der Waals surface area contributed by atoms with E-state index in [1.54, 1.807) is 24.3 Å². The average Bonchev–Trinajstić information content (AvgIpc) is 3.16. The summed E-state index contributed by atoms with van der Waals surface area (Å²) in [4.78, 5) is 6.91. The molecule has 0 N–H and O–H groups in total. The van der Waals surface area contributed by atoms with E-state index in [1.807, 2.05) is 5.38 Å². The standard InChI is InChI=1S/C20H18Cl2FN3O2S2/c21-15-2-1-3-19(12-15)30(27,28)26-6-4-25(5-7-26)20-24-18(13-29-20)10-14-8-16(22)11-17(23)9-14/h1-3,8-9,11-13H,4-7,10H2. The number of nitrogens with zero attached hydrogens (tertiary/aromatic N) is 3. The number of benzene rings is 2. The van der Waals surface area contributed by atoms with Crippen molar-refractivity contribution in [2.75, 3.05) is 31.1 Å². The van der Waals surface area contributed by atoms with E-state index in [9.17, 15) is 12.8 Å². The fraction of sp³-hybridized carbons (Fsp3) is 0.250. The molecule has 1 aromatic heterocycles. The van der Waals surface area contributed by atoms with Crippen LogP contribution in [-0.2, 0) is 16.4 Å². The molecule has 0 bridgehead atoms. The molecule has 2 aromatic carbocycles. The lowest BCUT2D eigenvalue weighted by Crippen LogP contribution is -2.48. The Labute approximate surface area is 188 Å². The van der Waals surface area contributed by atoms with Crippen LogP contribution in [-0.4, -0.2) is 43.9 Å². The van der Waals surface area contributed by atoms with E-state index in [1.165, 1.54) is 33.8 Å². The Bertz CT molecular complexity index is 1140. The van der Waals surface area contributed by atoms with Crippen LogP contribution in [0.1, 0.15) is 11.3 Å². The van der Waals surface area contributed by atoms with Gasteiger partial charge in [-0.1, -0.05) is 29.3 Å². The summed E-state index contributed by atoms with van der Waals surface area (Å²) in [6.07, 6.45) is 0.483. The molecule has 1 aliphatic heterocycles. The molecule has 0 radical (unpaired) electrons. The normalized spacial score (nSPS) is 15.5. The van der Waals surface area contributed by atoms with Gasteiger partial charge < -0.3 is 4.90 Å². The minimum Gasteiger partial charge on any atom is -0.345 e. The highest BCUT2D eigenvalue weighted by atomic mass is 35.5. The third-order valence-electron chi connectivity index (χ3n) is 4.79. The molecule has 0 unspecified atom stereocenters. The van der Waals surface area contributed by atoms with Crippen LogP contribution >= 0.6 is 34.5 Å². The van der Waals surface area contributed by atoms with E-state index in [2.05, 4.69) is 9.88 Å². The maximum atomic E-state index is 13.5. The fourth-order valence-corrected chi connectivity index (χ4v) is 6.19. The van der Waals surface area contributed by atoms with E-state index < -0.39 is 10.0 Å². The molecule has 0 amide bonds. The maximum absolute atomic E-state index is 13.5. The molecule has 4 rings (SSSR count). The Kier molecular flexibility index (Phi) is 6.31. The summed E-state index contributed by atoms with van der Waals surface area (Å²) in [6, 6.07) is 10.8. The van der Waals surface area contributed by atoms with E-state index in [4.69, 9.17) is 23.2 Å². The van der Waals surface area contributed by atoms with Crippen molar-refractivity contribution in [3.8, 4) is 0 Å². The van der Waals surface area contributed by atoms with Gasteiger partial charge in [0, 0.05) is 48.0 Å². The van der Waals surface area contributed by atoms with Crippen molar-refractivity contribution in [2.45, 2.75) is 11.3 Å². The van der Waals surface area contributed by atoms with Gasteiger partial charge >= 0.3 is 0 Å². The SMILES string of the molecule is O=S(=O)(c1cccc(Cl)c1)N1CCN(c2nc(Cc3cc(F)cc(Cl)c3)cs2)CC1. The molecular formula is C20H18Cl2FN3O2S2. The van der Waals surface area contributed by atoms with Gasteiger partial charge in [-0.25, -0.2) is 17.8 Å². The van der Waals surface area contributed by atoms with Crippen molar-refractivity contribution in [1.29, 1.82) is 0 Å². The smallest absolute Gasteiger partial charge is 0.243 e. The third kappa shape index (κ3) is 4.78. The minimum absolute atomic E-state index is 0.203. The molecule has 2 heterocycles. The second-order valence-electron chi connectivity index (χ2n) is 6.92. The van der Waals surface area contributed by atoms with Crippen LogP contribution in [0.4, 0.5) is 9.52 Å². The van der Waals surface area contributed by atoms with Crippen LogP contribution in [0.2, 0.25) is 10.0 Å². The number of sulfonamides is 1. The lowest BCUT2D eigenvalue weighted by Gasteiger charge is -2.33. The highest BCUT2D eigenvalue weighted by molar-refractivity contribution is 7.89. The summed E-state index contributed by atoms with van der Waals surface area (Å²) < 4.78 is 40.7. The number of piperazine rings is 1. The van der Waals surface area contributed by atoms with Crippen LogP contribution in [0.3, 0.4) is 0 Å². The Balaban J connectivity index is 1.41. The van der Waals surface area contributed by atoms with Crippen LogP contribution in [0.5, 0.6) is 0 Å². The van der Waals surface area contributed by atoms with Crippen molar-refractivity contribution in [1.82, 2.24) is 9.29 Å². The number of aromatic nitrogens is 1. The van der Waals surface area contributed by atoms with Gasteiger partial charge in [0.1, 0.15) is 5.82 Å². The molecule has 30 heavy (non-hydrogen) atoms. The number of rotatable bonds is 5. The van der Waals surface area contributed by atoms with Crippen LogP contribution in [0.15, 0.2) is 52.7 Å². The van der Waals surface area contributed by atoms with Crippen LogP contribution < -0.4 is 4.90 Å². The molecular weight excluding hydrogens is 468 g/mol. The summed E-state index contributed by atoms with van der Waals surface area (Å²) in [5.74, 6) is -0.370. The highest BCUT2D eigenvalue weighted by Gasteiger charge is 2.29. The van der Waals surface area contributed by atoms with Gasteiger partial charge in [0.05, 0.1) is 10.6 Å². The quantitative estimate of drug-likeness (QED) is 0.525. The monoisotopic (exact) mass is 485 g/mol. The van der Waals surface area contributed by atoms with Gasteiger partial charge in [0.25, 0.3) is 0 Å².